The standard InChI is InChI=1S/C19H21F3N6S/c1-2-24-18(25-8-7-17-27-16(12-29-17)19(20,21)22)26-11-14-5-3-4-6-15(14)28-10-9-23-13-28/h3-6,9-10,12-13H,2,7-8,11H2,1H3,(H2,24,25,26). The van der Waals surface area contributed by atoms with Crippen molar-refractivity contribution in [2.75, 3.05) is 13.1 Å². The third kappa shape index (κ3) is 5.80. The number of thiazole rings is 1. The Labute approximate surface area is 170 Å². The summed E-state index contributed by atoms with van der Waals surface area (Å²) in [5.41, 5.74) is 1.18. The van der Waals surface area contributed by atoms with Crippen LogP contribution in [0.15, 0.2) is 53.4 Å². The molecule has 0 saturated heterocycles. The fourth-order valence-electron chi connectivity index (χ4n) is 2.65. The van der Waals surface area contributed by atoms with Gasteiger partial charge in [-0.05, 0) is 18.6 Å². The van der Waals surface area contributed by atoms with Gasteiger partial charge in [0.15, 0.2) is 11.7 Å². The summed E-state index contributed by atoms with van der Waals surface area (Å²) in [6.45, 7) is 3.50. The zero-order valence-corrected chi connectivity index (χ0v) is 16.6. The molecule has 3 aromatic rings. The molecule has 0 unspecified atom stereocenters. The number of alkyl halides is 3. The summed E-state index contributed by atoms with van der Waals surface area (Å²) in [6, 6.07) is 7.89. The van der Waals surface area contributed by atoms with Crippen LogP contribution in [0.25, 0.3) is 5.69 Å². The van der Waals surface area contributed by atoms with Gasteiger partial charge in [0.05, 0.1) is 23.6 Å². The van der Waals surface area contributed by atoms with Gasteiger partial charge in [0.25, 0.3) is 0 Å². The molecule has 0 spiro atoms. The van der Waals surface area contributed by atoms with E-state index in [0.29, 0.717) is 37.0 Å². The molecule has 0 bridgehead atoms. The van der Waals surface area contributed by atoms with Crippen molar-refractivity contribution in [1.29, 1.82) is 0 Å². The van der Waals surface area contributed by atoms with Crippen molar-refractivity contribution in [2.24, 2.45) is 4.99 Å². The van der Waals surface area contributed by atoms with Crippen LogP contribution in [0.1, 0.15) is 23.2 Å². The van der Waals surface area contributed by atoms with E-state index < -0.39 is 11.9 Å². The molecule has 3 rings (SSSR count). The van der Waals surface area contributed by atoms with Crippen LogP contribution in [0.5, 0.6) is 0 Å². The maximum atomic E-state index is 12.6. The monoisotopic (exact) mass is 422 g/mol. The molecule has 154 valence electrons. The number of aromatic nitrogens is 3. The number of aliphatic imine (C=N–C) groups is 1. The van der Waals surface area contributed by atoms with Crippen molar-refractivity contribution >= 4 is 17.3 Å². The van der Waals surface area contributed by atoms with E-state index >= 15 is 0 Å². The number of hydrogen-bond acceptors (Lipinski definition) is 4. The Balaban J connectivity index is 1.62. The van der Waals surface area contributed by atoms with E-state index in [-0.39, 0.29) is 0 Å². The van der Waals surface area contributed by atoms with Gasteiger partial charge < -0.3 is 15.2 Å². The molecule has 0 radical (unpaired) electrons. The second-order valence-corrected chi connectivity index (χ2v) is 7.04. The number of halogens is 3. The summed E-state index contributed by atoms with van der Waals surface area (Å²) >= 11 is 1.01. The number of nitrogens with zero attached hydrogens (tertiary/aromatic N) is 4. The lowest BCUT2D eigenvalue weighted by molar-refractivity contribution is -0.140. The van der Waals surface area contributed by atoms with Gasteiger partial charge in [-0.3, -0.25) is 0 Å². The molecular weight excluding hydrogens is 401 g/mol. The van der Waals surface area contributed by atoms with Crippen LogP contribution in [0.4, 0.5) is 13.2 Å². The van der Waals surface area contributed by atoms with Crippen molar-refractivity contribution in [3.8, 4) is 5.69 Å². The van der Waals surface area contributed by atoms with Crippen molar-refractivity contribution < 1.29 is 13.2 Å². The van der Waals surface area contributed by atoms with Crippen molar-refractivity contribution in [2.45, 2.75) is 26.1 Å². The molecular formula is C19H21F3N6S. The Bertz CT molecular complexity index is 934. The summed E-state index contributed by atoms with van der Waals surface area (Å²) in [7, 11) is 0. The molecule has 0 saturated carbocycles. The quantitative estimate of drug-likeness (QED) is 0.451. The molecule has 0 fully saturated rings. The smallest absolute Gasteiger partial charge is 0.357 e. The molecule has 10 heteroatoms. The average molecular weight is 422 g/mol. The Morgan fingerprint density at radius 1 is 1.24 bits per heavy atom. The van der Waals surface area contributed by atoms with Gasteiger partial charge in [0.1, 0.15) is 0 Å². The van der Waals surface area contributed by atoms with Crippen LogP contribution >= 0.6 is 11.3 Å². The van der Waals surface area contributed by atoms with Gasteiger partial charge in [-0.1, -0.05) is 18.2 Å². The van der Waals surface area contributed by atoms with Gasteiger partial charge in [0, 0.05) is 37.3 Å². The van der Waals surface area contributed by atoms with Gasteiger partial charge in [-0.25, -0.2) is 15.0 Å². The number of rotatable bonds is 7. The molecule has 0 atom stereocenters. The molecule has 0 aliphatic carbocycles. The predicted molar refractivity (Wildman–Crippen MR) is 107 cm³/mol. The average Bonchev–Trinajstić information content (AvgIpc) is 3.38. The molecule has 1 aromatic carbocycles. The van der Waals surface area contributed by atoms with Crippen LogP contribution in [0, 0.1) is 0 Å². The number of guanidine groups is 1. The molecule has 6 nitrogen and oxygen atoms in total. The Hall–Kier alpha value is -2.88. The summed E-state index contributed by atoms with van der Waals surface area (Å²) in [5.74, 6) is 0.598. The van der Waals surface area contributed by atoms with Crippen molar-refractivity contribution in [3.05, 3.63) is 64.6 Å². The first-order valence-electron chi connectivity index (χ1n) is 9.07. The van der Waals surface area contributed by atoms with Crippen LogP contribution < -0.4 is 10.6 Å². The lowest BCUT2D eigenvalue weighted by Gasteiger charge is -2.12. The number of benzene rings is 1. The highest BCUT2D eigenvalue weighted by Gasteiger charge is 2.33. The largest absolute Gasteiger partial charge is 0.434 e. The van der Waals surface area contributed by atoms with E-state index in [9.17, 15) is 13.2 Å². The minimum absolute atomic E-state index is 0.386. The summed E-state index contributed by atoms with van der Waals surface area (Å²) in [5, 5.41) is 7.77. The van der Waals surface area contributed by atoms with Gasteiger partial charge in [-0.2, -0.15) is 13.2 Å². The third-order valence-electron chi connectivity index (χ3n) is 4.00. The first kappa shape index (κ1) is 20.8. The predicted octanol–water partition coefficient (Wildman–Crippen LogP) is 3.65. The highest BCUT2D eigenvalue weighted by molar-refractivity contribution is 7.09. The maximum absolute atomic E-state index is 12.6. The van der Waals surface area contributed by atoms with E-state index in [2.05, 4.69) is 25.6 Å². The zero-order chi connectivity index (χ0) is 20.7. The summed E-state index contributed by atoms with van der Waals surface area (Å²) < 4.78 is 39.8. The molecule has 0 aliphatic rings. The van der Waals surface area contributed by atoms with Gasteiger partial charge in [0.2, 0.25) is 0 Å². The molecule has 0 aliphatic heterocycles. The van der Waals surface area contributed by atoms with E-state index in [4.69, 9.17) is 0 Å². The normalized spacial score (nSPS) is 12.2. The van der Waals surface area contributed by atoms with E-state index in [0.717, 1.165) is 28.0 Å². The maximum Gasteiger partial charge on any atom is 0.434 e. The highest BCUT2D eigenvalue weighted by Crippen LogP contribution is 2.30. The second kappa shape index (κ2) is 9.55. The number of hydrogen-bond donors (Lipinski definition) is 2. The number of para-hydroxylation sites is 1. The Morgan fingerprint density at radius 2 is 2.07 bits per heavy atom. The number of imidazole rings is 1. The Morgan fingerprint density at radius 3 is 2.76 bits per heavy atom. The summed E-state index contributed by atoms with van der Waals surface area (Å²) in [6.07, 6.45) is 1.30. The van der Waals surface area contributed by atoms with Gasteiger partial charge >= 0.3 is 6.18 Å². The first-order chi connectivity index (χ1) is 14.0. The minimum Gasteiger partial charge on any atom is -0.357 e. The molecule has 2 aromatic heterocycles. The molecule has 29 heavy (non-hydrogen) atoms. The fraction of sp³-hybridized carbons (Fsp3) is 0.316. The number of nitrogens with one attached hydrogen (secondary N) is 2. The lowest BCUT2D eigenvalue weighted by atomic mass is 10.2. The van der Waals surface area contributed by atoms with Crippen LogP contribution in [-0.4, -0.2) is 33.6 Å². The Kier molecular flexibility index (Phi) is 6.86. The lowest BCUT2D eigenvalue weighted by Crippen LogP contribution is -2.38. The van der Waals surface area contributed by atoms with Crippen molar-refractivity contribution in [1.82, 2.24) is 25.2 Å². The van der Waals surface area contributed by atoms with Gasteiger partial charge in [-0.15, -0.1) is 11.3 Å². The highest BCUT2D eigenvalue weighted by atomic mass is 32.1. The van der Waals surface area contributed by atoms with E-state index in [1.54, 1.807) is 12.5 Å². The second-order valence-electron chi connectivity index (χ2n) is 6.09. The van der Waals surface area contributed by atoms with Crippen LogP contribution in [0.3, 0.4) is 0 Å². The fourth-order valence-corrected chi connectivity index (χ4v) is 3.45. The molecule has 2 heterocycles. The molecule has 2 N–H and O–H groups in total. The minimum atomic E-state index is -4.40. The first-order valence-corrected chi connectivity index (χ1v) is 9.95. The molecule has 0 amide bonds. The van der Waals surface area contributed by atoms with Crippen LogP contribution in [0.2, 0.25) is 0 Å². The van der Waals surface area contributed by atoms with E-state index in [1.165, 1.54) is 0 Å². The van der Waals surface area contributed by atoms with E-state index in [1.807, 2.05) is 42.0 Å². The van der Waals surface area contributed by atoms with Crippen LogP contribution in [-0.2, 0) is 19.1 Å². The zero-order valence-electron chi connectivity index (χ0n) is 15.8. The SMILES string of the molecule is CCNC(=NCc1ccccc1-n1ccnc1)NCCc1nc(C(F)(F)F)cs1. The van der Waals surface area contributed by atoms with Crippen molar-refractivity contribution in [3.63, 3.8) is 0 Å². The summed E-state index contributed by atoms with van der Waals surface area (Å²) in [4.78, 5) is 12.3. The topological polar surface area (TPSA) is 67.1 Å². The third-order valence-corrected chi connectivity index (χ3v) is 4.91.